The lowest BCUT2D eigenvalue weighted by Gasteiger charge is -2.38. The van der Waals surface area contributed by atoms with Gasteiger partial charge in [0.2, 0.25) is 6.43 Å². The molecule has 0 aromatic rings. The Kier molecular flexibility index (Phi) is 10.4. The molecule has 2 rings (SSSR count). The van der Waals surface area contributed by atoms with Crippen LogP contribution in [0.25, 0.3) is 0 Å². The van der Waals surface area contributed by atoms with Crippen LogP contribution in [0.3, 0.4) is 0 Å². The third kappa shape index (κ3) is 8.39. The zero-order valence-electron chi connectivity index (χ0n) is 16.7. The van der Waals surface area contributed by atoms with Crippen LogP contribution in [0.2, 0.25) is 0 Å². The van der Waals surface area contributed by atoms with Crippen LogP contribution in [0.15, 0.2) is 0 Å². The zero-order valence-corrected chi connectivity index (χ0v) is 16.7. The third-order valence-corrected chi connectivity index (χ3v) is 7.18. The van der Waals surface area contributed by atoms with Crippen molar-refractivity contribution in [2.75, 3.05) is 0 Å². The van der Waals surface area contributed by atoms with Gasteiger partial charge in [-0.15, -0.1) is 0 Å². The minimum atomic E-state index is -2.09. The molecule has 2 saturated carbocycles. The van der Waals surface area contributed by atoms with Crippen LogP contribution in [-0.2, 0) is 0 Å². The Labute approximate surface area is 155 Å². The number of halogens is 2. The summed E-state index contributed by atoms with van der Waals surface area (Å²) in [5, 5.41) is 0. The number of unbranched alkanes of at least 4 members (excludes halogenated alkanes) is 6. The molecule has 0 unspecified atom stereocenters. The summed E-state index contributed by atoms with van der Waals surface area (Å²) in [6.07, 6.45) is 19.8. The first-order valence-electron chi connectivity index (χ1n) is 11.5. The molecular formula is C23H42F2. The van der Waals surface area contributed by atoms with Crippen molar-refractivity contribution in [3.05, 3.63) is 0 Å². The Morgan fingerprint density at radius 2 is 1.12 bits per heavy atom. The number of alkyl halides is 2. The minimum absolute atomic E-state index is 0.151. The van der Waals surface area contributed by atoms with Crippen molar-refractivity contribution >= 4 is 0 Å². The summed E-state index contributed by atoms with van der Waals surface area (Å²) in [5.41, 5.74) is 0. The molecule has 148 valence electrons. The normalized spacial score (nSPS) is 30.7. The maximum absolute atomic E-state index is 12.5. The predicted molar refractivity (Wildman–Crippen MR) is 104 cm³/mol. The summed E-state index contributed by atoms with van der Waals surface area (Å²) in [5.74, 6) is 3.07. The van der Waals surface area contributed by atoms with Crippen LogP contribution in [0.4, 0.5) is 8.78 Å². The highest BCUT2D eigenvalue weighted by Crippen LogP contribution is 2.43. The topological polar surface area (TPSA) is 0 Å². The van der Waals surface area contributed by atoms with Crippen LogP contribution >= 0.6 is 0 Å². The van der Waals surface area contributed by atoms with Gasteiger partial charge in [-0.1, -0.05) is 71.1 Å². The molecular weight excluding hydrogens is 314 g/mol. The van der Waals surface area contributed by atoms with Crippen LogP contribution in [-0.4, -0.2) is 6.43 Å². The van der Waals surface area contributed by atoms with Crippen LogP contribution in [0.5, 0.6) is 0 Å². The number of hydrogen-bond donors (Lipinski definition) is 0. The Morgan fingerprint density at radius 1 is 0.640 bits per heavy atom. The molecule has 2 heteroatoms. The van der Waals surface area contributed by atoms with E-state index < -0.39 is 6.43 Å². The first-order chi connectivity index (χ1) is 12.2. The molecule has 0 aromatic carbocycles. The van der Waals surface area contributed by atoms with E-state index in [0.717, 1.165) is 30.6 Å². The highest BCUT2D eigenvalue weighted by molar-refractivity contribution is 4.82. The van der Waals surface area contributed by atoms with E-state index in [2.05, 4.69) is 6.92 Å². The first-order valence-corrected chi connectivity index (χ1v) is 11.5. The van der Waals surface area contributed by atoms with E-state index >= 15 is 0 Å². The Morgan fingerprint density at radius 3 is 1.64 bits per heavy atom. The van der Waals surface area contributed by atoms with Gasteiger partial charge in [0.05, 0.1) is 0 Å². The molecule has 0 saturated heterocycles. The van der Waals surface area contributed by atoms with Gasteiger partial charge in [0.1, 0.15) is 0 Å². The standard InChI is InChI=1S/C23H42F2/c1-2-3-4-5-6-7-8-9-19-10-14-21(15-11-19)22-16-12-20(13-17-22)18-23(24)25/h19-23H,2-18H2,1H3. The molecule has 0 N–H and O–H groups in total. The molecule has 0 heterocycles. The van der Waals surface area contributed by atoms with Crippen molar-refractivity contribution in [2.24, 2.45) is 23.7 Å². The van der Waals surface area contributed by atoms with Crippen molar-refractivity contribution in [2.45, 2.75) is 123 Å². The van der Waals surface area contributed by atoms with Crippen molar-refractivity contribution in [1.29, 1.82) is 0 Å². The smallest absolute Gasteiger partial charge is 0.211 e. The molecule has 2 aliphatic rings. The van der Waals surface area contributed by atoms with Crippen molar-refractivity contribution < 1.29 is 8.78 Å². The summed E-state index contributed by atoms with van der Waals surface area (Å²) in [6, 6.07) is 0. The predicted octanol–water partition coefficient (Wildman–Crippen LogP) is 8.40. The van der Waals surface area contributed by atoms with Gasteiger partial charge < -0.3 is 0 Å². The lowest BCUT2D eigenvalue weighted by atomic mass is 9.68. The Balaban J connectivity index is 1.50. The first kappa shape index (κ1) is 21.2. The minimum Gasteiger partial charge on any atom is -0.211 e. The van der Waals surface area contributed by atoms with Gasteiger partial charge in [0.15, 0.2) is 0 Å². The Hall–Kier alpha value is -0.140. The van der Waals surface area contributed by atoms with E-state index in [1.165, 1.54) is 89.9 Å². The van der Waals surface area contributed by atoms with E-state index in [1.807, 2.05) is 0 Å². The summed E-state index contributed by atoms with van der Waals surface area (Å²) in [4.78, 5) is 0. The van der Waals surface area contributed by atoms with Gasteiger partial charge in [-0.3, -0.25) is 0 Å². The SMILES string of the molecule is CCCCCCCCCC1CCC(C2CCC(CC(F)F)CC2)CC1. The van der Waals surface area contributed by atoms with Gasteiger partial charge >= 0.3 is 0 Å². The molecule has 0 aliphatic heterocycles. The second-order valence-corrected chi connectivity index (χ2v) is 9.10. The lowest BCUT2D eigenvalue weighted by molar-refractivity contribution is 0.0832. The largest absolute Gasteiger partial charge is 0.238 e. The van der Waals surface area contributed by atoms with E-state index in [-0.39, 0.29) is 6.42 Å². The molecule has 25 heavy (non-hydrogen) atoms. The van der Waals surface area contributed by atoms with Gasteiger partial charge in [0.25, 0.3) is 0 Å². The maximum atomic E-state index is 12.5. The van der Waals surface area contributed by atoms with E-state index in [4.69, 9.17) is 0 Å². The van der Waals surface area contributed by atoms with Gasteiger partial charge in [-0.2, -0.15) is 0 Å². The second kappa shape index (κ2) is 12.3. The Bertz CT molecular complexity index is 312. The lowest BCUT2D eigenvalue weighted by Crippen LogP contribution is -2.26. The fourth-order valence-electron chi connectivity index (χ4n) is 5.49. The highest BCUT2D eigenvalue weighted by atomic mass is 19.3. The molecule has 0 amide bonds. The summed E-state index contributed by atoms with van der Waals surface area (Å²) in [7, 11) is 0. The molecule has 0 radical (unpaired) electrons. The maximum Gasteiger partial charge on any atom is 0.238 e. The molecule has 2 fully saturated rings. The molecule has 0 bridgehead atoms. The summed E-state index contributed by atoms with van der Waals surface area (Å²) in [6.45, 7) is 2.28. The fraction of sp³-hybridized carbons (Fsp3) is 1.00. The number of rotatable bonds is 11. The molecule has 0 aromatic heterocycles. The van der Waals surface area contributed by atoms with Crippen LogP contribution < -0.4 is 0 Å². The molecule has 2 aliphatic carbocycles. The van der Waals surface area contributed by atoms with Crippen molar-refractivity contribution in [1.82, 2.24) is 0 Å². The van der Waals surface area contributed by atoms with Gasteiger partial charge in [0, 0.05) is 6.42 Å². The molecule has 0 atom stereocenters. The fourth-order valence-corrected chi connectivity index (χ4v) is 5.49. The highest BCUT2D eigenvalue weighted by Gasteiger charge is 2.31. The number of hydrogen-bond acceptors (Lipinski definition) is 0. The molecule has 0 spiro atoms. The van der Waals surface area contributed by atoms with E-state index in [9.17, 15) is 8.78 Å². The van der Waals surface area contributed by atoms with Crippen molar-refractivity contribution in [3.8, 4) is 0 Å². The summed E-state index contributed by atoms with van der Waals surface area (Å²) < 4.78 is 25.0. The van der Waals surface area contributed by atoms with E-state index in [1.54, 1.807) is 0 Å². The van der Waals surface area contributed by atoms with Crippen LogP contribution in [0, 0.1) is 23.7 Å². The van der Waals surface area contributed by atoms with Crippen LogP contribution in [0.1, 0.15) is 116 Å². The van der Waals surface area contributed by atoms with E-state index in [0.29, 0.717) is 5.92 Å². The average Bonchev–Trinajstić information content (AvgIpc) is 2.62. The van der Waals surface area contributed by atoms with Crippen molar-refractivity contribution in [3.63, 3.8) is 0 Å². The van der Waals surface area contributed by atoms with Gasteiger partial charge in [-0.05, 0) is 62.2 Å². The summed E-state index contributed by atoms with van der Waals surface area (Å²) >= 11 is 0. The second-order valence-electron chi connectivity index (χ2n) is 9.10. The average molecular weight is 357 g/mol. The zero-order chi connectivity index (χ0) is 17.9. The monoisotopic (exact) mass is 356 g/mol. The molecule has 0 nitrogen and oxygen atoms in total. The van der Waals surface area contributed by atoms with Gasteiger partial charge in [-0.25, -0.2) is 8.78 Å². The quantitative estimate of drug-likeness (QED) is 0.326. The third-order valence-electron chi connectivity index (χ3n) is 7.18.